The van der Waals surface area contributed by atoms with Crippen molar-refractivity contribution < 1.29 is 37.3 Å². The molecule has 0 atom stereocenters. The van der Waals surface area contributed by atoms with Gasteiger partial charge in [-0.2, -0.15) is 0 Å². The van der Waals surface area contributed by atoms with Gasteiger partial charge in [-0.25, -0.2) is 9.78 Å². The van der Waals surface area contributed by atoms with Crippen LogP contribution in [0.5, 0.6) is 17.2 Å². The number of fused-ring (bicyclic) bond motifs is 1. The van der Waals surface area contributed by atoms with Crippen molar-refractivity contribution in [3.63, 3.8) is 0 Å². The van der Waals surface area contributed by atoms with Crippen molar-refractivity contribution in [1.82, 2.24) is 4.98 Å². The molecule has 0 aliphatic carbocycles. The second-order valence-electron chi connectivity index (χ2n) is 7.63. The average molecular weight is 483 g/mol. The highest BCUT2D eigenvalue weighted by atomic mass is 19.4. The molecule has 4 aromatic rings. The number of aromatic nitrogens is 1. The van der Waals surface area contributed by atoms with Gasteiger partial charge in [0, 0.05) is 16.5 Å². The minimum Gasteiger partial charge on any atom is -0.496 e. The first-order chi connectivity index (χ1) is 16.7. The van der Waals surface area contributed by atoms with E-state index in [1.165, 1.54) is 19.2 Å². The summed E-state index contributed by atoms with van der Waals surface area (Å²) in [6.07, 6.45) is -4.90. The predicted octanol–water partition coefficient (Wildman–Crippen LogP) is 6.39. The number of carboxylic acid groups (broad SMARTS) is 1. The van der Waals surface area contributed by atoms with Gasteiger partial charge in [0.25, 0.3) is 0 Å². The molecule has 0 amide bonds. The Balaban J connectivity index is 1.75. The van der Waals surface area contributed by atoms with E-state index < -0.39 is 18.1 Å². The zero-order valence-corrected chi connectivity index (χ0v) is 18.7. The molecule has 0 radical (unpaired) electrons. The molecule has 0 fully saturated rings. The minimum atomic E-state index is -4.90. The molecule has 1 N–H and O–H groups in total. The Morgan fingerprint density at radius 1 is 1.03 bits per heavy atom. The van der Waals surface area contributed by atoms with Crippen molar-refractivity contribution in [2.24, 2.45) is 0 Å². The fourth-order valence-corrected chi connectivity index (χ4v) is 3.75. The van der Waals surface area contributed by atoms with E-state index in [4.69, 9.17) is 9.47 Å². The molecule has 0 saturated heterocycles. The number of methoxy groups -OCH3 is 1. The van der Waals surface area contributed by atoms with E-state index in [9.17, 15) is 23.1 Å². The van der Waals surface area contributed by atoms with Crippen LogP contribution >= 0.6 is 0 Å². The van der Waals surface area contributed by atoms with Crippen molar-refractivity contribution in [3.8, 4) is 28.5 Å². The number of aromatic carboxylic acids is 1. The Labute approximate surface area is 198 Å². The molecule has 0 saturated carbocycles. The molecule has 1 heterocycles. The van der Waals surface area contributed by atoms with E-state index in [2.05, 4.69) is 9.72 Å². The van der Waals surface area contributed by atoms with Crippen LogP contribution in [0.3, 0.4) is 0 Å². The minimum absolute atomic E-state index is 0.0153. The Bertz CT molecular complexity index is 1390. The van der Waals surface area contributed by atoms with Gasteiger partial charge in [-0.1, -0.05) is 30.3 Å². The average Bonchev–Trinajstić information content (AvgIpc) is 2.82. The summed E-state index contributed by atoms with van der Waals surface area (Å²) in [6.45, 7) is 2.16. The van der Waals surface area contributed by atoms with Crippen LogP contribution in [-0.4, -0.2) is 29.5 Å². The molecule has 6 nitrogen and oxygen atoms in total. The van der Waals surface area contributed by atoms with Crippen LogP contribution in [-0.2, 0) is 6.61 Å². The summed E-state index contributed by atoms with van der Waals surface area (Å²) in [7, 11) is 1.48. The lowest BCUT2D eigenvalue weighted by atomic mass is 10.0. The number of hydrogen-bond donors (Lipinski definition) is 1. The normalized spacial score (nSPS) is 11.3. The quantitative estimate of drug-likeness (QED) is 0.328. The lowest BCUT2D eigenvalue weighted by Gasteiger charge is -2.17. The van der Waals surface area contributed by atoms with Gasteiger partial charge in [-0.3, -0.25) is 0 Å². The fourth-order valence-electron chi connectivity index (χ4n) is 3.75. The number of carbonyl (C=O) groups is 1. The van der Waals surface area contributed by atoms with Crippen LogP contribution in [0, 0.1) is 6.92 Å². The van der Waals surface area contributed by atoms with Crippen molar-refractivity contribution in [2.75, 3.05) is 7.11 Å². The van der Waals surface area contributed by atoms with Crippen LogP contribution < -0.4 is 14.2 Å². The number of nitrogens with zero attached hydrogens (tertiary/aromatic N) is 1. The summed E-state index contributed by atoms with van der Waals surface area (Å²) in [5.41, 5.74) is 2.45. The van der Waals surface area contributed by atoms with Crippen molar-refractivity contribution >= 4 is 16.9 Å². The first-order valence-electron chi connectivity index (χ1n) is 10.4. The molecule has 0 aliphatic heterocycles. The Hall–Kier alpha value is -4.27. The summed E-state index contributed by atoms with van der Waals surface area (Å²) < 4.78 is 53.3. The summed E-state index contributed by atoms with van der Waals surface area (Å²) in [6, 6.07) is 17.7. The number of pyridine rings is 1. The molecule has 1 aromatic heterocycles. The molecule has 180 valence electrons. The summed E-state index contributed by atoms with van der Waals surface area (Å²) in [5, 5.41) is 9.75. The van der Waals surface area contributed by atoms with Crippen molar-refractivity contribution in [3.05, 3.63) is 83.4 Å². The second-order valence-corrected chi connectivity index (χ2v) is 7.63. The molecule has 35 heavy (non-hydrogen) atoms. The third-order valence-corrected chi connectivity index (χ3v) is 5.32. The van der Waals surface area contributed by atoms with Crippen LogP contribution in [0.2, 0.25) is 0 Å². The molecular formula is C26H20F3NO5. The molecule has 0 bridgehead atoms. The van der Waals surface area contributed by atoms with E-state index >= 15 is 0 Å². The van der Waals surface area contributed by atoms with E-state index in [-0.39, 0.29) is 22.2 Å². The van der Waals surface area contributed by atoms with Gasteiger partial charge in [-0.15, -0.1) is 13.2 Å². The molecular weight excluding hydrogens is 463 g/mol. The predicted molar refractivity (Wildman–Crippen MR) is 123 cm³/mol. The van der Waals surface area contributed by atoms with Gasteiger partial charge in [0.1, 0.15) is 23.9 Å². The summed E-state index contributed by atoms with van der Waals surface area (Å²) in [4.78, 5) is 16.4. The van der Waals surface area contributed by atoms with Crippen LogP contribution in [0.1, 0.15) is 21.5 Å². The molecule has 4 rings (SSSR count). The number of carboxylic acids is 1. The fraction of sp³-hybridized carbons (Fsp3) is 0.154. The summed E-state index contributed by atoms with van der Waals surface area (Å²) in [5.74, 6) is -0.824. The molecule has 0 spiro atoms. The van der Waals surface area contributed by atoms with Crippen LogP contribution in [0.4, 0.5) is 13.2 Å². The number of halogens is 3. The van der Waals surface area contributed by atoms with E-state index in [1.807, 2.05) is 37.3 Å². The maximum absolute atomic E-state index is 12.6. The molecule has 9 heteroatoms. The zero-order valence-electron chi connectivity index (χ0n) is 18.7. The van der Waals surface area contributed by atoms with Gasteiger partial charge in [0.15, 0.2) is 0 Å². The van der Waals surface area contributed by atoms with E-state index in [0.717, 1.165) is 17.7 Å². The van der Waals surface area contributed by atoms with E-state index in [0.29, 0.717) is 29.2 Å². The largest absolute Gasteiger partial charge is 0.573 e. The molecule has 0 aliphatic rings. The lowest BCUT2D eigenvalue weighted by molar-refractivity contribution is -0.274. The number of benzene rings is 3. The SMILES string of the molecule is COc1c(-c2cc(C(=O)O)c3cc(OC(F)(F)F)ccc3n2)ccc(OCc2ccccc2)c1C. The zero-order chi connectivity index (χ0) is 25.2. The number of rotatable bonds is 7. The first kappa shape index (κ1) is 23.9. The van der Waals surface area contributed by atoms with Crippen molar-refractivity contribution in [2.45, 2.75) is 19.9 Å². The Morgan fingerprint density at radius 2 is 1.77 bits per heavy atom. The Kier molecular flexibility index (Phi) is 6.50. The monoisotopic (exact) mass is 483 g/mol. The highest BCUT2D eigenvalue weighted by Gasteiger charge is 2.31. The van der Waals surface area contributed by atoms with Crippen LogP contribution in [0.25, 0.3) is 22.2 Å². The lowest BCUT2D eigenvalue weighted by Crippen LogP contribution is -2.17. The van der Waals surface area contributed by atoms with Gasteiger partial charge >= 0.3 is 12.3 Å². The topological polar surface area (TPSA) is 77.9 Å². The van der Waals surface area contributed by atoms with E-state index in [1.54, 1.807) is 12.1 Å². The van der Waals surface area contributed by atoms with Gasteiger partial charge in [-0.05, 0) is 48.9 Å². The van der Waals surface area contributed by atoms with Crippen molar-refractivity contribution in [1.29, 1.82) is 0 Å². The second kappa shape index (κ2) is 9.54. The van der Waals surface area contributed by atoms with Gasteiger partial charge in [0.2, 0.25) is 0 Å². The number of hydrogen-bond acceptors (Lipinski definition) is 5. The van der Waals surface area contributed by atoms with Gasteiger partial charge in [0.05, 0.1) is 23.9 Å². The van der Waals surface area contributed by atoms with Gasteiger partial charge < -0.3 is 19.3 Å². The highest BCUT2D eigenvalue weighted by molar-refractivity contribution is 6.04. The summed E-state index contributed by atoms with van der Waals surface area (Å²) >= 11 is 0. The Morgan fingerprint density at radius 3 is 2.43 bits per heavy atom. The third kappa shape index (κ3) is 5.29. The standard InChI is InChI=1S/C26H20F3NO5/c1-15-23(34-14-16-6-4-3-5-7-16)11-9-18(24(15)33-2)22-13-20(25(31)32)19-12-17(35-26(27,28)29)8-10-21(19)30-22/h3-13H,14H2,1-2H3,(H,31,32). The number of alkyl halides is 3. The smallest absolute Gasteiger partial charge is 0.496 e. The van der Waals surface area contributed by atoms with Crippen LogP contribution in [0.15, 0.2) is 66.7 Å². The highest BCUT2D eigenvalue weighted by Crippen LogP contribution is 2.39. The maximum atomic E-state index is 12.6. The molecule has 3 aromatic carbocycles. The number of ether oxygens (including phenoxy) is 3. The third-order valence-electron chi connectivity index (χ3n) is 5.32. The molecule has 0 unspecified atom stereocenters. The maximum Gasteiger partial charge on any atom is 0.573 e. The first-order valence-corrected chi connectivity index (χ1v) is 10.4.